The third-order valence-electron chi connectivity index (χ3n) is 1.77. The maximum atomic E-state index is 10.5. The molecule has 14 heavy (non-hydrogen) atoms. The van der Waals surface area contributed by atoms with E-state index in [0.717, 1.165) is 0 Å². The van der Waals surface area contributed by atoms with Crippen molar-refractivity contribution in [1.29, 1.82) is 0 Å². The van der Waals surface area contributed by atoms with Gasteiger partial charge in [-0.3, -0.25) is 10.1 Å². The Kier molecular flexibility index (Phi) is 2.78. The predicted octanol–water partition coefficient (Wildman–Crippen LogP) is -2.80. The van der Waals surface area contributed by atoms with E-state index in [1.165, 1.54) is 12.1 Å². The van der Waals surface area contributed by atoms with Crippen LogP contribution in [-0.4, -0.2) is 11.7 Å². The fraction of sp³-hybridized carbons (Fsp3) is 0.143. The van der Waals surface area contributed by atoms with Crippen molar-refractivity contribution in [2.24, 2.45) is 0 Å². The second-order valence-electron chi connectivity index (χ2n) is 2.59. The molecule has 1 aromatic carbocycles. The molecule has 0 bridgehead atoms. The molecule has 0 amide bonds. The predicted molar refractivity (Wildman–Crippen MR) is 41.8 cm³/mol. The molecule has 0 saturated carbocycles. The van der Waals surface area contributed by atoms with Gasteiger partial charge in [-0.15, -0.1) is 0 Å². The highest BCUT2D eigenvalue weighted by atomic mass is 35.5. The molecule has 1 heterocycles. The third-order valence-corrected chi connectivity index (χ3v) is 1.77. The van der Waals surface area contributed by atoms with Crippen LogP contribution in [0.1, 0.15) is 0 Å². The first-order chi connectivity index (χ1) is 6.18. The van der Waals surface area contributed by atoms with Crippen LogP contribution >= 0.6 is 0 Å². The lowest BCUT2D eigenvalue weighted by Gasteiger charge is -1.96. The minimum Gasteiger partial charge on any atom is -1.00 e. The molecule has 1 aliphatic rings. The quantitative estimate of drug-likeness (QED) is 0.407. The fourth-order valence-electron chi connectivity index (χ4n) is 1.14. The highest BCUT2D eigenvalue weighted by molar-refractivity contribution is 5.61. The van der Waals surface area contributed by atoms with Gasteiger partial charge in [0.25, 0.3) is 0 Å². The molecule has 0 radical (unpaired) electrons. The minimum atomic E-state index is -0.496. The number of hydrogen-bond donors (Lipinski definition) is 1. The highest BCUT2D eigenvalue weighted by Gasteiger charge is 2.23. The van der Waals surface area contributed by atoms with E-state index in [9.17, 15) is 10.1 Å². The first-order valence-corrected chi connectivity index (χ1v) is 3.58. The fourth-order valence-corrected chi connectivity index (χ4v) is 1.14. The summed E-state index contributed by atoms with van der Waals surface area (Å²) in [6.45, 7) is 0.107. The monoisotopic (exact) mass is 218 g/mol. The average Bonchev–Trinajstić information content (AvgIpc) is 2.48. The Bertz CT molecular complexity index is 382. The number of nitro benzene ring substituents is 1. The van der Waals surface area contributed by atoms with Gasteiger partial charge in [0, 0.05) is 0 Å². The van der Waals surface area contributed by atoms with Crippen molar-refractivity contribution < 1.29 is 32.5 Å². The first kappa shape index (κ1) is 10.6. The molecule has 0 aromatic heterocycles. The van der Waals surface area contributed by atoms with Crippen molar-refractivity contribution in [2.45, 2.75) is 0 Å². The average molecular weight is 219 g/mol. The van der Waals surface area contributed by atoms with Gasteiger partial charge in [0.15, 0.2) is 11.5 Å². The van der Waals surface area contributed by atoms with Crippen molar-refractivity contribution in [3.63, 3.8) is 0 Å². The number of rotatable bonds is 1. The summed E-state index contributed by atoms with van der Waals surface area (Å²) in [5.41, 5.74) is 3.82. The zero-order valence-corrected chi connectivity index (χ0v) is 7.78. The first-order valence-electron chi connectivity index (χ1n) is 3.58. The lowest BCUT2D eigenvalue weighted by Crippen LogP contribution is -3.00. The number of fused-ring (bicyclic) bond motifs is 1. The van der Waals surface area contributed by atoms with Gasteiger partial charge >= 0.3 is 5.69 Å². The van der Waals surface area contributed by atoms with Crippen molar-refractivity contribution in [1.82, 2.24) is 0 Å². The lowest BCUT2D eigenvalue weighted by molar-refractivity contribution is -0.395. The number of quaternary nitrogens is 1. The van der Waals surface area contributed by atoms with Crippen molar-refractivity contribution in [2.75, 3.05) is 6.79 Å². The molecule has 1 aliphatic heterocycles. The number of hydrogen-bond acceptors (Lipinski definition) is 4. The van der Waals surface area contributed by atoms with Gasteiger partial charge in [-0.25, -0.2) is 0 Å². The number of benzene rings is 1. The summed E-state index contributed by atoms with van der Waals surface area (Å²) in [4.78, 5) is 10.00. The molecule has 0 saturated heterocycles. The normalized spacial score (nSPS) is 12.1. The number of halogens is 1. The molecule has 2 rings (SSSR count). The molecular formula is C7H7ClN2O4. The zero-order chi connectivity index (χ0) is 9.42. The molecule has 0 aliphatic carbocycles. The summed E-state index contributed by atoms with van der Waals surface area (Å²) in [6, 6.07) is 2.82. The minimum absolute atomic E-state index is 0. The van der Waals surface area contributed by atoms with E-state index in [2.05, 4.69) is 5.73 Å². The molecule has 1 aromatic rings. The largest absolute Gasteiger partial charge is 1.00 e. The second kappa shape index (κ2) is 3.69. The van der Waals surface area contributed by atoms with Gasteiger partial charge in [0.05, 0.1) is 17.1 Å². The van der Waals surface area contributed by atoms with Crippen LogP contribution in [0.2, 0.25) is 0 Å². The summed E-state index contributed by atoms with van der Waals surface area (Å²) in [6.07, 6.45) is 0. The Morgan fingerprint density at radius 3 is 2.50 bits per heavy atom. The van der Waals surface area contributed by atoms with E-state index in [0.29, 0.717) is 17.2 Å². The standard InChI is InChI=1S/C7H6N2O4.ClH/c8-4-1-6-7(13-3-12-6)2-5(4)9(10)11;/h1-2H,3,8H2;1H. The van der Waals surface area contributed by atoms with Crippen LogP contribution < -0.4 is 27.6 Å². The summed E-state index contributed by atoms with van der Waals surface area (Å²) < 4.78 is 10.0. The molecule has 7 heteroatoms. The summed E-state index contributed by atoms with van der Waals surface area (Å²) in [7, 11) is 0. The van der Waals surface area contributed by atoms with E-state index >= 15 is 0 Å². The summed E-state index contributed by atoms with van der Waals surface area (Å²) >= 11 is 0. The Balaban J connectivity index is 0.000000980. The zero-order valence-electron chi connectivity index (χ0n) is 7.03. The van der Waals surface area contributed by atoms with Crippen LogP contribution in [0.3, 0.4) is 0 Å². The van der Waals surface area contributed by atoms with Gasteiger partial charge in [-0.1, -0.05) is 0 Å². The Hall–Kier alpha value is -1.53. The van der Waals surface area contributed by atoms with Crippen LogP contribution in [0.4, 0.5) is 11.4 Å². The molecule has 0 spiro atoms. The molecule has 0 unspecified atom stereocenters. The van der Waals surface area contributed by atoms with Gasteiger partial charge in [0.2, 0.25) is 12.5 Å². The Labute approximate surface area is 85.2 Å². The lowest BCUT2D eigenvalue weighted by atomic mass is 10.2. The van der Waals surface area contributed by atoms with Crippen molar-refractivity contribution in [3.8, 4) is 11.5 Å². The third kappa shape index (κ3) is 1.57. The van der Waals surface area contributed by atoms with Gasteiger partial charge in [0.1, 0.15) is 0 Å². The van der Waals surface area contributed by atoms with E-state index < -0.39 is 4.92 Å². The van der Waals surface area contributed by atoms with Crippen LogP contribution in [0.15, 0.2) is 12.1 Å². The van der Waals surface area contributed by atoms with E-state index in [4.69, 9.17) is 9.47 Å². The van der Waals surface area contributed by atoms with Crippen LogP contribution in [0, 0.1) is 10.1 Å². The molecule has 3 N–H and O–H groups in total. The van der Waals surface area contributed by atoms with E-state index in [1.807, 2.05) is 0 Å². The van der Waals surface area contributed by atoms with E-state index in [1.54, 1.807) is 0 Å². The Morgan fingerprint density at radius 2 is 1.93 bits per heavy atom. The Morgan fingerprint density at radius 1 is 1.36 bits per heavy atom. The second-order valence-corrected chi connectivity index (χ2v) is 2.59. The van der Waals surface area contributed by atoms with Gasteiger partial charge in [-0.2, -0.15) is 0 Å². The highest BCUT2D eigenvalue weighted by Crippen LogP contribution is 2.38. The molecule has 76 valence electrons. The molecular weight excluding hydrogens is 212 g/mol. The number of nitro groups is 1. The van der Waals surface area contributed by atoms with E-state index in [-0.39, 0.29) is 24.9 Å². The van der Waals surface area contributed by atoms with Crippen LogP contribution in [0.25, 0.3) is 0 Å². The SMILES string of the molecule is [Cl-].[NH3+]c1cc2c(cc1[N+](=O)[O-])OCO2. The number of ether oxygens (including phenoxy) is 2. The molecule has 0 atom stereocenters. The maximum Gasteiger partial charge on any atom is 0.333 e. The topological polar surface area (TPSA) is 89.2 Å². The maximum absolute atomic E-state index is 10.5. The van der Waals surface area contributed by atoms with Crippen molar-refractivity contribution >= 4 is 11.4 Å². The van der Waals surface area contributed by atoms with Gasteiger partial charge in [-0.05, 0) is 0 Å². The molecule has 0 fully saturated rings. The van der Waals surface area contributed by atoms with Gasteiger partial charge < -0.3 is 27.6 Å². The van der Waals surface area contributed by atoms with Crippen LogP contribution in [-0.2, 0) is 0 Å². The van der Waals surface area contributed by atoms with Crippen LogP contribution in [0.5, 0.6) is 11.5 Å². The van der Waals surface area contributed by atoms with Crippen molar-refractivity contribution in [3.05, 3.63) is 22.2 Å². The molecule has 6 nitrogen and oxygen atoms in total. The smallest absolute Gasteiger partial charge is 0.333 e. The number of nitrogens with zero attached hydrogens (tertiary/aromatic N) is 1. The summed E-state index contributed by atoms with van der Waals surface area (Å²) in [5.74, 6) is 0.912. The summed E-state index contributed by atoms with van der Waals surface area (Å²) in [5, 5.41) is 10.5.